The zero-order valence-electron chi connectivity index (χ0n) is 4.53. The monoisotopic (exact) mass is 315 g/mol. The van der Waals surface area contributed by atoms with Gasteiger partial charge in [0.1, 0.15) is 11.9 Å². The summed E-state index contributed by atoms with van der Waals surface area (Å²) in [4.78, 5) is 10.1. The Morgan fingerprint density at radius 1 is 1.45 bits per heavy atom. The van der Waals surface area contributed by atoms with E-state index in [0.29, 0.717) is 0 Å². The Morgan fingerprint density at radius 3 is 1.73 bits per heavy atom. The first-order chi connectivity index (χ1) is 3.48. The van der Waals surface area contributed by atoms with Gasteiger partial charge in [0.25, 0.3) is 4.46 Å². The average molecular weight is 318 g/mol. The fourth-order valence-corrected chi connectivity index (χ4v) is 0.329. The summed E-state index contributed by atoms with van der Waals surface area (Å²) in [6.07, 6.45) is 0. The fraction of sp³-hybridized carbons (Fsp3) is 0.500. The van der Waals surface area contributed by atoms with E-state index in [9.17, 15) is 4.79 Å². The molecule has 4 N–H and O–H groups in total. The number of halogens is 3. The summed E-state index contributed by atoms with van der Waals surface area (Å²) in [6, 6.07) is 0. The van der Waals surface area contributed by atoms with Crippen molar-refractivity contribution in [1.29, 1.82) is 0 Å². The molecule has 0 radical (unpaired) electrons. The summed E-state index contributed by atoms with van der Waals surface area (Å²) < 4.78 is 1.52. The van der Waals surface area contributed by atoms with Gasteiger partial charge < -0.3 is 9.77 Å². The maximum Gasteiger partial charge on any atom is 0.375 e. The fourth-order valence-electron chi connectivity index (χ4n) is 0.0514. The molecule has 0 saturated carbocycles. The minimum absolute atomic E-state index is 0. The van der Waals surface area contributed by atoms with Gasteiger partial charge in [-0.1, -0.05) is 23.2 Å². The topological polar surface area (TPSA) is 83.8 Å². The van der Waals surface area contributed by atoms with E-state index in [4.69, 9.17) is 28.9 Å². The Bertz CT molecular complexity index is 109. The molecule has 0 atom stereocenters. The Kier molecular flexibility index (Phi) is 20.4. The number of alkyl halides is 2. The summed E-state index contributed by atoms with van der Waals surface area (Å²) in [5.74, 6) is -1.09. The molecule has 4 nitrogen and oxygen atoms in total. The van der Waals surface area contributed by atoms with Crippen molar-refractivity contribution in [2.75, 3.05) is 0 Å². The Labute approximate surface area is 108 Å². The summed E-state index contributed by atoms with van der Waals surface area (Å²) in [6.45, 7) is 0. The van der Waals surface area contributed by atoms with Gasteiger partial charge in [0.05, 0.1) is 0 Å². The summed E-state index contributed by atoms with van der Waals surface area (Å²) in [5.41, 5.74) is 4.76. The first-order valence-electron chi connectivity index (χ1n) is 1.48. The van der Waals surface area contributed by atoms with Crippen LogP contribution in [0.4, 0.5) is 0 Å². The van der Waals surface area contributed by atoms with Gasteiger partial charge in [-0.05, 0) is 0 Å². The number of hydrogen-bond donors (Lipinski definition) is 1. The number of nitrogens with two attached hydrogens (primary N) is 1. The number of hydrogen-bond acceptors (Lipinski definition) is 3. The van der Waals surface area contributed by atoms with Gasteiger partial charge in [0, 0.05) is 26.2 Å². The minimum Gasteiger partial charge on any atom is -0.412 e. The zero-order chi connectivity index (χ0) is 6.78. The van der Waals surface area contributed by atoms with Crippen molar-refractivity contribution >= 4 is 58.4 Å². The van der Waals surface area contributed by atoms with Crippen molar-refractivity contribution in [1.82, 2.24) is 0 Å². The van der Waals surface area contributed by atoms with E-state index in [-0.39, 0.29) is 49.0 Å². The van der Waals surface area contributed by atoms with Gasteiger partial charge in [-0.3, -0.25) is 5.73 Å². The van der Waals surface area contributed by atoms with E-state index in [1.54, 1.807) is 0 Å². The van der Waals surface area contributed by atoms with E-state index in [2.05, 4.69) is 16.2 Å². The van der Waals surface area contributed by atoms with Crippen LogP contribution in [0.5, 0.6) is 0 Å². The van der Waals surface area contributed by atoms with Crippen LogP contribution in [0.1, 0.15) is 0 Å². The molecule has 0 aromatic heterocycles. The molecule has 0 saturated heterocycles. The van der Waals surface area contributed by atoms with Gasteiger partial charge in [-0.25, -0.2) is 4.79 Å². The minimum atomic E-state index is -2.04. The summed E-state index contributed by atoms with van der Waals surface area (Å²) in [7, 11) is 0. The quantitative estimate of drug-likeness (QED) is 0.373. The molecule has 0 unspecified atom stereocenters. The van der Waals surface area contributed by atoms with Gasteiger partial charge >= 0.3 is 5.97 Å². The Morgan fingerprint density at radius 2 is 1.73 bits per heavy atom. The smallest absolute Gasteiger partial charge is 0.375 e. The molecule has 0 spiro atoms. The third kappa shape index (κ3) is 11.7. The van der Waals surface area contributed by atoms with Crippen molar-refractivity contribution in [2.45, 2.75) is 4.46 Å². The molecule has 0 rings (SSSR count). The molecular formula is C2H7AlCl3NO3Zr. The number of carbonyl (C=O) groups excluding carboxylic acids is 1. The van der Waals surface area contributed by atoms with Crippen LogP contribution in [-0.4, -0.2) is 33.3 Å². The van der Waals surface area contributed by atoms with E-state index >= 15 is 0 Å². The molecular weight excluding hydrogens is 311 g/mol. The molecule has 0 fully saturated rings. The molecule has 0 heterocycles. The summed E-state index contributed by atoms with van der Waals surface area (Å²) in [5, 5.41) is 0. The molecule has 0 aromatic carbocycles. The van der Waals surface area contributed by atoms with E-state index in [0.717, 1.165) is 0 Å². The van der Waals surface area contributed by atoms with Gasteiger partial charge in [-0.2, -0.15) is 0 Å². The van der Waals surface area contributed by atoms with Crippen LogP contribution >= 0.6 is 35.1 Å². The van der Waals surface area contributed by atoms with Crippen LogP contribution in [0.2, 0.25) is 0 Å². The second kappa shape index (κ2) is 9.76. The van der Waals surface area contributed by atoms with Crippen molar-refractivity contribution in [3.8, 4) is 0 Å². The average Bonchev–Trinajstić information content (AvgIpc) is 1.62. The molecule has 0 aliphatic rings. The molecule has 9 heteroatoms. The summed E-state index contributed by atoms with van der Waals surface area (Å²) >= 11 is 14.5. The number of carbonyl (C=O) groups is 1. The number of rotatable bonds is 1. The van der Waals surface area contributed by atoms with E-state index < -0.39 is 10.4 Å². The van der Waals surface area contributed by atoms with Gasteiger partial charge in [-0.15, -0.1) is 0 Å². The van der Waals surface area contributed by atoms with Crippen LogP contribution in [-0.2, 0) is 35.3 Å². The van der Waals surface area contributed by atoms with Crippen molar-refractivity contribution in [3.05, 3.63) is 0 Å². The van der Waals surface area contributed by atoms with Crippen LogP contribution in [0.15, 0.2) is 0 Å². The molecule has 0 amide bonds. The van der Waals surface area contributed by atoms with Gasteiger partial charge in [0.2, 0.25) is 0 Å². The van der Waals surface area contributed by atoms with Crippen LogP contribution < -0.4 is 5.73 Å². The SMILES string of the molecule is NC(Cl)(Cl)C(=O)OCl.O.[AlH3].[Zr]. The van der Waals surface area contributed by atoms with Crippen molar-refractivity contribution in [3.63, 3.8) is 0 Å². The predicted octanol–water partition coefficient (Wildman–Crippen LogP) is -1.24. The van der Waals surface area contributed by atoms with Crippen LogP contribution in [0, 0.1) is 0 Å². The van der Waals surface area contributed by atoms with E-state index in [1.165, 1.54) is 0 Å². The third-order valence-electron chi connectivity index (χ3n) is 0.342. The second-order valence-electron chi connectivity index (χ2n) is 0.988. The second-order valence-corrected chi connectivity index (χ2v) is 2.53. The largest absolute Gasteiger partial charge is 0.412 e. The van der Waals surface area contributed by atoms with Crippen molar-refractivity contribution in [2.24, 2.45) is 5.73 Å². The van der Waals surface area contributed by atoms with Gasteiger partial charge in [0.15, 0.2) is 17.4 Å². The van der Waals surface area contributed by atoms with E-state index in [1.807, 2.05) is 0 Å². The molecule has 0 bridgehead atoms. The first kappa shape index (κ1) is 23.0. The molecule has 0 aromatic rings. The Balaban J connectivity index is -0.0000000817. The maximum atomic E-state index is 10.1. The predicted molar refractivity (Wildman–Crippen MR) is 44.1 cm³/mol. The maximum absolute atomic E-state index is 10.1. The molecule has 66 valence electrons. The van der Waals surface area contributed by atoms with Crippen LogP contribution in [0.25, 0.3) is 0 Å². The zero-order valence-corrected chi connectivity index (χ0v) is 9.25. The van der Waals surface area contributed by atoms with Crippen molar-refractivity contribution < 1.29 is 40.8 Å². The molecule has 11 heavy (non-hydrogen) atoms. The standard InChI is InChI=1S/C2H2Cl3NO2.Al.H2O.Zr.3H/c3-2(4,6)1(7)8-5;;;;;;/h6H2;;1H2;;;;. The first-order valence-corrected chi connectivity index (χ1v) is 2.54. The Hall–Kier alpha value is 1.68. The molecule has 0 aliphatic carbocycles. The normalized spacial score (nSPS) is 8.00. The molecule has 0 aliphatic heterocycles. The van der Waals surface area contributed by atoms with Crippen LogP contribution in [0.3, 0.4) is 0 Å². The third-order valence-corrected chi connectivity index (χ3v) is 0.791.